The van der Waals surface area contributed by atoms with Crippen molar-refractivity contribution in [2.24, 2.45) is 0 Å². The number of fused-ring (bicyclic) bond motifs is 8. The molecule has 0 fully saturated rings. The van der Waals surface area contributed by atoms with Crippen LogP contribution in [0.1, 0.15) is 54.9 Å². The van der Waals surface area contributed by atoms with E-state index >= 15 is 0 Å². The summed E-state index contributed by atoms with van der Waals surface area (Å²) in [7, 11) is 3.32. The van der Waals surface area contributed by atoms with Crippen LogP contribution in [0.4, 0.5) is 0 Å². The molecule has 238 valence electrons. The highest BCUT2D eigenvalue weighted by Gasteiger charge is 2.23. The van der Waals surface area contributed by atoms with E-state index in [0.717, 1.165) is 65.0 Å². The molecule has 0 unspecified atom stereocenters. The summed E-state index contributed by atoms with van der Waals surface area (Å²) in [5.41, 5.74) is 7.47. The van der Waals surface area contributed by atoms with Crippen molar-refractivity contribution < 1.29 is 35.1 Å². The highest BCUT2D eigenvalue weighted by atomic mass is 79.9. The van der Waals surface area contributed by atoms with Gasteiger partial charge in [-0.15, -0.1) is 0 Å². The monoisotopic (exact) mass is 748 g/mol. The lowest BCUT2D eigenvalue weighted by molar-refractivity contribution is 0.0731. The maximum absolute atomic E-state index is 13.4. The minimum atomic E-state index is -0.425. The standard InChI is InChI=1S/C37H30Br2O5.2H2O/c1-42-34-23-10-6-12-25(34)16-29-20-32(39)21-30(36(29)44-37(41)22-8-4-3-5-9-22)17-26-13-7-11-24(35(26)43-2)15-28-19-31(38)18-27(14-23)33(28)40;;/h3-13,18-21,40H,14-17H2,1-2H3;2*1H2. The fraction of sp³-hybridized carbons (Fsp3) is 0.162. The zero-order valence-electron chi connectivity index (χ0n) is 25.3. The lowest BCUT2D eigenvalue weighted by atomic mass is 9.91. The SMILES string of the molecule is COc1c2cccc1Cc1cc(Br)cc(c1OC(=O)c1ccccc1)Cc1cccc(c1OC)Cc1cc(Br)cc(c1O)C2.O.O. The van der Waals surface area contributed by atoms with Gasteiger partial charge in [0.2, 0.25) is 0 Å². The largest absolute Gasteiger partial charge is 0.507 e. The van der Waals surface area contributed by atoms with Crippen molar-refractivity contribution in [1.29, 1.82) is 0 Å². The molecular formula is C37H34Br2O7. The third kappa shape index (κ3) is 7.13. The van der Waals surface area contributed by atoms with Crippen LogP contribution >= 0.6 is 31.9 Å². The number of methoxy groups -OCH3 is 2. The summed E-state index contributed by atoms with van der Waals surface area (Å²) in [5.74, 6) is 1.81. The Bertz CT molecular complexity index is 1770. The molecule has 6 rings (SSSR count). The Morgan fingerprint density at radius 1 is 0.565 bits per heavy atom. The van der Waals surface area contributed by atoms with Gasteiger partial charge in [-0.1, -0.05) is 86.5 Å². The molecule has 0 atom stereocenters. The van der Waals surface area contributed by atoms with Crippen LogP contribution in [0.25, 0.3) is 0 Å². The number of hydrogen-bond acceptors (Lipinski definition) is 5. The Balaban J connectivity index is 0.00000240. The van der Waals surface area contributed by atoms with Crippen LogP contribution in [0, 0.1) is 0 Å². The first-order chi connectivity index (χ1) is 21.3. The van der Waals surface area contributed by atoms with Gasteiger partial charge in [0.15, 0.2) is 0 Å². The van der Waals surface area contributed by atoms with Gasteiger partial charge < -0.3 is 30.3 Å². The predicted molar refractivity (Wildman–Crippen MR) is 186 cm³/mol. The highest BCUT2D eigenvalue weighted by molar-refractivity contribution is 9.10. The summed E-state index contributed by atoms with van der Waals surface area (Å²) in [6.07, 6.45) is 1.83. The molecule has 0 spiro atoms. The molecule has 0 aliphatic heterocycles. The first kappa shape index (κ1) is 34.7. The molecule has 46 heavy (non-hydrogen) atoms. The number of aromatic hydroxyl groups is 1. The van der Waals surface area contributed by atoms with Crippen LogP contribution in [0.15, 0.2) is 99.9 Å². The van der Waals surface area contributed by atoms with Crippen LogP contribution in [-0.2, 0) is 25.7 Å². The van der Waals surface area contributed by atoms with E-state index in [9.17, 15) is 9.90 Å². The van der Waals surface area contributed by atoms with Crippen LogP contribution in [-0.4, -0.2) is 36.2 Å². The molecule has 9 heteroatoms. The molecule has 7 nitrogen and oxygen atoms in total. The zero-order valence-corrected chi connectivity index (χ0v) is 28.5. The Hall–Kier alpha value is -4.15. The molecule has 0 saturated carbocycles. The summed E-state index contributed by atoms with van der Waals surface area (Å²) >= 11 is 7.39. The minimum Gasteiger partial charge on any atom is -0.507 e. The molecule has 0 aromatic heterocycles. The van der Waals surface area contributed by atoms with Gasteiger partial charge in [0.1, 0.15) is 23.0 Å². The maximum atomic E-state index is 13.4. The molecule has 5 aromatic carbocycles. The van der Waals surface area contributed by atoms with E-state index in [1.54, 1.807) is 26.4 Å². The van der Waals surface area contributed by atoms with Crippen molar-refractivity contribution in [3.63, 3.8) is 0 Å². The molecule has 0 radical (unpaired) electrons. The van der Waals surface area contributed by atoms with Crippen LogP contribution in [0.5, 0.6) is 23.0 Å². The number of esters is 1. The van der Waals surface area contributed by atoms with Gasteiger partial charge in [-0.3, -0.25) is 0 Å². The quantitative estimate of drug-likeness (QED) is 0.151. The second-order valence-electron chi connectivity index (χ2n) is 10.8. The first-order valence-corrected chi connectivity index (χ1v) is 15.8. The molecule has 1 aliphatic carbocycles. The van der Waals surface area contributed by atoms with E-state index in [1.165, 1.54) is 0 Å². The molecular weight excluding hydrogens is 716 g/mol. The molecule has 0 amide bonds. The second-order valence-corrected chi connectivity index (χ2v) is 12.6. The molecule has 0 heterocycles. The van der Waals surface area contributed by atoms with E-state index in [-0.39, 0.29) is 16.7 Å². The number of para-hydroxylation sites is 2. The number of halogens is 2. The summed E-state index contributed by atoms with van der Waals surface area (Å²) in [5, 5.41) is 11.5. The van der Waals surface area contributed by atoms with Crippen molar-refractivity contribution in [1.82, 2.24) is 0 Å². The Morgan fingerprint density at radius 2 is 0.957 bits per heavy atom. The molecule has 0 saturated heterocycles. The van der Waals surface area contributed by atoms with Crippen molar-refractivity contribution in [3.8, 4) is 23.0 Å². The maximum Gasteiger partial charge on any atom is 0.343 e. The fourth-order valence-corrected chi connectivity index (χ4v) is 7.10. The molecule has 5 aromatic rings. The van der Waals surface area contributed by atoms with Crippen LogP contribution < -0.4 is 14.2 Å². The number of rotatable bonds is 4. The van der Waals surface area contributed by atoms with Crippen molar-refractivity contribution in [2.75, 3.05) is 14.2 Å². The van der Waals surface area contributed by atoms with E-state index in [0.29, 0.717) is 37.0 Å². The second kappa shape index (κ2) is 15.0. The number of phenolic OH excluding ortho intramolecular Hbond substituents is 1. The van der Waals surface area contributed by atoms with Crippen molar-refractivity contribution >= 4 is 37.8 Å². The summed E-state index contributed by atoms with van der Waals surface area (Å²) in [6.45, 7) is 0. The number of phenols is 1. The number of ether oxygens (including phenoxy) is 3. The van der Waals surface area contributed by atoms with E-state index in [1.807, 2.05) is 78.9 Å². The third-order valence-corrected chi connectivity index (χ3v) is 8.85. The lowest BCUT2D eigenvalue weighted by Crippen LogP contribution is -2.13. The Labute approximate surface area is 284 Å². The minimum absolute atomic E-state index is 0. The van der Waals surface area contributed by atoms with Gasteiger partial charge >= 0.3 is 5.97 Å². The first-order valence-electron chi connectivity index (χ1n) is 14.2. The molecule has 8 bridgehead atoms. The molecule has 1 aliphatic rings. The average Bonchev–Trinajstić information content (AvgIpc) is 3.01. The van der Waals surface area contributed by atoms with Crippen molar-refractivity contribution in [3.05, 3.63) is 150 Å². The summed E-state index contributed by atoms with van der Waals surface area (Å²) < 4.78 is 20.0. The summed E-state index contributed by atoms with van der Waals surface area (Å²) in [6, 6.07) is 29.0. The smallest absolute Gasteiger partial charge is 0.343 e. The number of benzene rings is 5. The highest BCUT2D eigenvalue weighted by Crippen LogP contribution is 2.40. The van der Waals surface area contributed by atoms with Crippen LogP contribution in [0.2, 0.25) is 0 Å². The number of carbonyl (C=O) groups is 1. The molecule has 5 N–H and O–H groups in total. The fourth-order valence-electron chi connectivity index (χ4n) is 6.00. The Morgan fingerprint density at radius 3 is 1.37 bits per heavy atom. The van der Waals surface area contributed by atoms with Crippen LogP contribution in [0.3, 0.4) is 0 Å². The summed E-state index contributed by atoms with van der Waals surface area (Å²) in [4.78, 5) is 13.4. The number of hydrogen-bond donors (Lipinski definition) is 1. The number of carbonyl (C=O) groups excluding carboxylic acids is 1. The zero-order chi connectivity index (χ0) is 30.8. The van der Waals surface area contributed by atoms with Gasteiger partial charge in [0.25, 0.3) is 0 Å². The van der Waals surface area contributed by atoms with E-state index in [4.69, 9.17) is 14.2 Å². The van der Waals surface area contributed by atoms with E-state index < -0.39 is 5.97 Å². The Kier molecular flexibility index (Phi) is 11.3. The van der Waals surface area contributed by atoms with Gasteiger partial charge in [0, 0.05) is 45.8 Å². The van der Waals surface area contributed by atoms with Gasteiger partial charge in [-0.25, -0.2) is 4.79 Å². The topological polar surface area (TPSA) is 128 Å². The normalized spacial score (nSPS) is 11.8. The predicted octanol–water partition coefficient (Wildman–Crippen LogP) is 7.18. The average molecular weight is 750 g/mol. The van der Waals surface area contributed by atoms with Crippen molar-refractivity contribution in [2.45, 2.75) is 25.7 Å². The third-order valence-electron chi connectivity index (χ3n) is 7.93. The van der Waals surface area contributed by atoms with Gasteiger partial charge in [-0.2, -0.15) is 0 Å². The van der Waals surface area contributed by atoms with Gasteiger partial charge in [-0.05, 0) is 69.8 Å². The lowest BCUT2D eigenvalue weighted by Gasteiger charge is -2.21. The van der Waals surface area contributed by atoms with E-state index in [2.05, 4.69) is 31.9 Å². The van der Waals surface area contributed by atoms with Gasteiger partial charge in [0.05, 0.1) is 19.8 Å².